The Kier molecular flexibility index (Phi) is 6.05. The molecule has 0 bridgehead atoms. The number of halogens is 3. The largest absolute Gasteiger partial charge is 0.466 e. The summed E-state index contributed by atoms with van der Waals surface area (Å²) in [5.74, 6) is -0.779. The first-order valence-electron chi connectivity index (χ1n) is 5.51. The summed E-state index contributed by atoms with van der Waals surface area (Å²) in [6.07, 6.45) is 0.468. The van der Waals surface area contributed by atoms with Crippen molar-refractivity contribution in [2.75, 3.05) is 6.61 Å². The molecule has 0 radical (unpaired) electrons. The molecule has 1 aromatic carbocycles. The van der Waals surface area contributed by atoms with Crippen molar-refractivity contribution >= 4 is 33.5 Å². The Labute approximate surface area is 119 Å². The highest BCUT2D eigenvalue weighted by Crippen LogP contribution is 2.29. The minimum Gasteiger partial charge on any atom is -0.466 e. The summed E-state index contributed by atoms with van der Waals surface area (Å²) in [6, 6.07) is 2.15. The molecule has 0 aliphatic rings. The lowest BCUT2D eigenvalue weighted by Crippen LogP contribution is -2.15. The van der Waals surface area contributed by atoms with E-state index in [1.165, 1.54) is 12.1 Å². The minimum atomic E-state index is -0.583. The van der Waals surface area contributed by atoms with Crippen LogP contribution in [0.3, 0.4) is 0 Å². The Morgan fingerprint density at radius 2 is 2.28 bits per heavy atom. The van der Waals surface area contributed by atoms with E-state index in [1.54, 1.807) is 6.92 Å². The molecular formula is C12H14BrClFNO2. The highest BCUT2D eigenvalue weighted by atomic mass is 79.9. The molecule has 2 N–H and O–H groups in total. The average molecular weight is 339 g/mol. The van der Waals surface area contributed by atoms with Gasteiger partial charge in [0.05, 0.1) is 11.6 Å². The van der Waals surface area contributed by atoms with Crippen LogP contribution in [0.25, 0.3) is 0 Å². The van der Waals surface area contributed by atoms with Crippen molar-refractivity contribution in [3.63, 3.8) is 0 Å². The van der Waals surface area contributed by atoms with Gasteiger partial charge < -0.3 is 10.5 Å². The number of carbonyl (C=O) groups excluding carboxylic acids is 1. The number of nitrogens with two attached hydrogens (primary N) is 1. The summed E-state index contributed by atoms with van der Waals surface area (Å²) in [4.78, 5) is 11.2. The van der Waals surface area contributed by atoms with E-state index in [0.717, 1.165) is 0 Å². The number of benzene rings is 1. The molecule has 0 heterocycles. The van der Waals surface area contributed by atoms with Crippen LogP contribution in [0.2, 0.25) is 5.02 Å². The Balaban J connectivity index is 2.69. The van der Waals surface area contributed by atoms with Gasteiger partial charge in [0.15, 0.2) is 0 Å². The van der Waals surface area contributed by atoms with Crippen LogP contribution in [0.1, 0.15) is 31.4 Å². The van der Waals surface area contributed by atoms with Gasteiger partial charge >= 0.3 is 5.97 Å². The smallest absolute Gasteiger partial charge is 0.305 e. The molecule has 1 unspecified atom stereocenters. The molecule has 1 rings (SSSR count). The molecule has 1 atom stereocenters. The fraction of sp³-hybridized carbons (Fsp3) is 0.417. The van der Waals surface area contributed by atoms with E-state index in [0.29, 0.717) is 28.1 Å². The van der Waals surface area contributed by atoms with Gasteiger partial charge in [-0.25, -0.2) is 4.39 Å². The van der Waals surface area contributed by atoms with Crippen molar-refractivity contribution in [3.8, 4) is 0 Å². The summed E-state index contributed by atoms with van der Waals surface area (Å²) in [5.41, 5.74) is 6.14. The normalized spacial score (nSPS) is 12.3. The molecule has 1 aromatic rings. The van der Waals surface area contributed by atoms with Crippen molar-refractivity contribution in [2.45, 2.75) is 25.8 Å². The van der Waals surface area contributed by atoms with Crippen molar-refractivity contribution in [1.29, 1.82) is 0 Å². The second kappa shape index (κ2) is 7.07. The van der Waals surface area contributed by atoms with Gasteiger partial charge in [0.25, 0.3) is 0 Å². The maximum atomic E-state index is 13.7. The predicted octanol–water partition coefficient (Wildman–Crippen LogP) is 3.58. The molecule has 0 spiro atoms. The lowest BCUT2D eigenvalue weighted by atomic mass is 10.0. The van der Waals surface area contributed by atoms with Gasteiger partial charge in [0.1, 0.15) is 5.82 Å². The van der Waals surface area contributed by atoms with Crippen LogP contribution in [0.15, 0.2) is 16.6 Å². The van der Waals surface area contributed by atoms with E-state index < -0.39 is 11.9 Å². The van der Waals surface area contributed by atoms with Crippen LogP contribution in [-0.2, 0) is 9.53 Å². The molecule has 0 aliphatic heterocycles. The van der Waals surface area contributed by atoms with Gasteiger partial charge in [-0.3, -0.25) is 4.79 Å². The topological polar surface area (TPSA) is 52.3 Å². The summed E-state index contributed by atoms with van der Waals surface area (Å²) < 4.78 is 18.9. The molecule has 0 saturated heterocycles. The maximum Gasteiger partial charge on any atom is 0.305 e. The molecule has 100 valence electrons. The average Bonchev–Trinajstić information content (AvgIpc) is 2.31. The van der Waals surface area contributed by atoms with Gasteiger partial charge in [-0.1, -0.05) is 11.6 Å². The van der Waals surface area contributed by atoms with E-state index in [1.807, 2.05) is 0 Å². The second-order valence-electron chi connectivity index (χ2n) is 3.74. The van der Waals surface area contributed by atoms with E-state index in [2.05, 4.69) is 15.9 Å². The van der Waals surface area contributed by atoms with Crippen molar-refractivity contribution in [3.05, 3.63) is 33.0 Å². The minimum absolute atomic E-state index is 0.155. The summed E-state index contributed by atoms with van der Waals surface area (Å²) >= 11 is 9.01. The quantitative estimate of drug-likeness (QED) is 0.659. The third kappa shape index (κ3) is 4.23. The molecule has 0 aliphatic carbocycles. The summed E-state index contributed by atoms with van der Waals surface area (Å²) in [7, 11) is 0. The Morgan fingerprint density at radius 1 is 1.61 bits per heavy atom. The molecule has 0 amide bonds. The van der Waals surface area contributed by atoms with Crippen molar-refractivity contribution in [1.82, 2.24) is 0 Å². The molecule has 0 fully saturated rings. The molecular weight excluding hydrogens is 324 g/mol. The van der Waals surface area contributed by atoms with Gasteiger partial charge in [0.2, 0.25) is 0 Å². The van der Waals surface area contributed by atoms with E-state index >= 15 is 0 Å². The van der Waals surface area contributed by atoms with Crippen LogP contribution in [-0.4, -0.2) is 12.6 Å². The Bertz CT molecular complexity index is 442. The zero-order chi connectivity index (χ0) is 13.7. The van der Waals surface area contributed by atoms with Gasteiger partial charge in [0, 0.05) is 22.5 Å². The third-order valence-electron chi connectivity index (χ3n) is 2.40. The molecule has 0 saturated carbocycles. The zero-order valence-corrected chi connectivity index (χ0v) is 12.2. The van der Waals surface area contributed by atoms with Crippen LogP contribution in [0.4, 0.5) is 4.39 Å². The molecule has 0 aromatic heterocycles. The second-order valence-corrected chi connectivity index (χ2v) is 5.00. The summed E-state index contributed by atoms with van der Waals surface area (Å²) in [6.45, 7) is 2.05. The number of carbonyl (C=O) groups is 1. The Morgan fingerprint density at radius 3 is 2.89 bits per heavy atom. The van der Waals surface area contributed by atoms with Crippen LogP contribution < -0.4 is 5.73 Å². The first-order chi connectivity index (χ1) is 8.45. The predicted molar refractivity (Wildman–Crippen MR) is 71.9 cm³/mol. The molecule has 18 heavy (non-hydrogen) atoms. The van der Waals surface area contributed by atoms with Gasteiger partial charge in [-0.15, -0.1) is 0 Å². The SMILES string of the molecule is CCOC(=O)CCC(N)c1cc(Cl)c(Br)cc1F. The highest BCUT2D eigenvalue weighted by molar-refractivity contribution is 9.10. The number of rotatable bonds is 5. The molecule has 6 heteroatoms. The summed E-state index contributed by atoms with van der Waals surface area (Å²) in [5, 5.41) is 0.387. The van der Waals surface area contributed by atoms with Gasteiger partial charge in [-0.05, 0) is 41.4 Å². The molecule has 3 nitrogen and oxygen atoms in total. The van der Waals surface area contributed by atoms with E-state index in [9.17, 15) is 9.18 Å². The third-order valence-corrected chi connectivity index (χ3v) is 3.60. The first-order valence-corrected chi connectivity index (χ1v) is 6.68. The van der Waals surface area contributed by atoms with E-state index in [-0.39, 0.29) is 12.4 Å². The highest BCUT2D eigenvalue weighted by Gasteiger charge is 2.15. The van der Waals surface area contributed by atoms with Crippen LogP contribution in [0.5, 0.6) is 0 Å². The maximum absolute atomic E-state index is 13.7. The fourth-order valence-electron chi connectivity index (χ4n) is 1.48. The van der Waals surface area contributed by atoms with Crippen LogP contribution >= 0.6 is 27.5 Å². The first kappa shape index (κ1) is 15.4. The number of hydrogen-bond acceptors (Lipinski definition) is 3. The lowest BCUT2D eigenvalue weighted by Gasteiger charge is -2.13. The fourth-order valence-corrected chi connectivity index (χ4v) is 1.97. The standard InChI is InChI=1S/C12H14BrClFNO2/c1-2-18-12(17)4-3-11(16)7-5-9(14)8(13)6-10(7)15/h5-6,11H,2-4,16H2,1H3. The van der Waals surface area contributed by atoms with Crippen molar-refractivity contribution in [2.24, 2.45) is 5.73 Å². The van der Waals surface area contributed by atoms with Crippen molar-refractivity contribution < 1.29 is 13.9 Å². The Hall–Kier alpha value is -0.650. The number of hydrogen-bond donors (Lipinski definition) is 1. The zero-order valence-electron chi connectivity index (χ0n) is 9.88. The number of ether oxygens (including phenoxy) is 1. The van der Waals surface area contributed by atoms with Gasteiger partial charge in [-0.2, -0.15) is 0 Å². The van der Waals surface area contributed by atoms with E-state index in [4.69, 9.17) is 22.1 Å². The number of esters is 1. The monoisotopic (exact) mass is 337 g/mol. The lowest BCUT2D eigenvalue weighted by molar-refractivity contribution is -0.143. The van der Waals surface area contributed by atoms with Crippen LogP contribution in [0, 0.1) is 5.82 Å².